The second kappa shape index (κ2) is 2.54. The third-order valence-corrected chi connectivity index (χ3v) is 1.13. The van der Waals surface area contributed by atoms with E-state index >= 15 is 0 Å². The van der Waals surface area contributed by atoms with E-state index < -0.39 is 5.60 Å². The van der Waals surface area contributed by atoms with Crippen molar-refractivity contribution in [3.8, 4) is 12.3 Å². The molecule has 0 spiro atoms. The van der Waals surface area contributed by atoms with Crippen LogP contribution in [0, 0.1) is 12.3 Å². The molecule has 0 aromatic carbocycles. The first-order valence-corrected chi connectivity index (χ1v) is 2.52. The quantitative estimate of drug-likeness (QED) is 0.414. The Morgan fingerprint density at radius 3 is 2.50 bits per heavy atom. The summed E-state index contributed by atoms with van der Waals surface area (Å²) in [5.41, 5.74) is -1.08. The van der Waals surface area contributed by atoms with Crippen molar-refractivity contribution >= 4 is 0 Å². The zero-order valence-electron chi connectivity index (χ0n) is 5.02. The fourth-order valence-corrected chi connectivity index (χ4v) is 0.305. The first kappa shape index (κ1) is 7.26. The predicted molar refractivity (Wildman–Crippen MR) is 34.3 cm³/mol. The number of rotatable bonds is 2. The molecule has 1 N–H and O–H groups in total. The molecule has 1 atom stereocenters. The van der Waals surface area contributed by atoms with E-state index in [-0.39, 0.29) is 0 Å². The Morgan fingerprint density at radius 2 is 2.50 bits per heavy atom. The second-order valence-electron chi connectivity index (χ2n) is 1.63. The number of aliphatic hydroxyl groups is 1. The fourth-order valence-electron chi connectivity index (χ4n) is 0.305. The molecule has 0 fully saturated rings. The molecule has 0 unspecified atom stereocenters. The Labute approximate surface area is 50.0 Å². The van der Waals surface area contributed by atoms with Crippen LogP contribution in [0.3, 0.4) is 0 Å². The lowest BCUT2D eigenvalue weighted by Crippen LogP contribution is -2.20. The van der Waals surface area contributed by atoms with Crippen LogP contribution in [0.25, 0.3) is 0 Å². The third kappa shape index (κ3) is 1.40. The van der Waals surface area contributed by atoms with Gasteiger partial charge in [-0.2, -0.15) is 0 Å². The van der Waals surface area contributed by atoms with Crippen LogP contribution >= 0.6 is 0 Å². The van der Waals surface area contributed by atoms with Gasteiger partial charge in [-0.3, -0.25) is 0 Å². The van der Waals surface area contributed by atoms with Crippen LogP contribution in [0.15, 0.2) is 12.7 Å². The number of hydrogen-bond acceptors (Lipinski definition) is 1. The molecule has 0 aliphatic heterocycles. The number of terminal acetylenes is 1. The molecule has 0 radical (unpaired) electrons. The number of hydrogen-bond donors (Lipinski definition) is 1. The summed E-state index contributed by atoms with van der Waals surface area (Å²) in [5.74, 6) is 2.22. The molecule has 0 saturated carbocycles. The molecule has 44 valence electrons. The Kier molecular flexibility index (Phi) is 2.30. The summed E-state index contributed by atoms with van der Waals surface area (Å²) in [7, 11) is 0. The summed E-state index contributed by atoms with van der Waals surface area (Å²) in [5, 5.41) is 9.08. The lowest BCUT2D eigenvalue weighted by Gasteiger charge is -2.12. The summed E-state index contributed by atoms with van der Waals surface area (Å²) >= 11 is 0. The molecule has 0 heterocycles. The molecule has 1 heteroatoms. The molecular weight excluding hydrogens is 100 g/mol. The van der Waals surface area contributed by atoms with E-state index in [1.165, 1.54) is 6.08 Å². The molecule has 8 heavy (non-hydrogen) atoms. The minimum atomic E-state index is -1.08. The summed E-state index contributed by atoms with van der Waals surface area (Å²) < 4.78 is 0. The van der Waals surface area contributed by atoms with E-state index in [1.807, 2.05) is 6.92 Å². The third-order valence-electron chi connectivity index (χ3n) is 1.13. The van der Waals surface area contributed by atoms with Gasteiger partial charge in [0.15, 0.2) is 0 Å². The molecule has 0 aliphatic rings. The lowest BCUT2D eigenvalue weighted by atomic mass is 10.0. The van der Waals surface area contributed by atoms with E-state index in [9.17, 15) is 0 Å². The fraction of sp³-hybridized carbons (Fsp3) is 0.429. The van der Waals surface area contributed by atoms with Gasteiger partial charge in [-0.15, -0.1) is 6.42 Å². The van der Waals surface area contributed by atoms with Gasteiger partial charge < -0.3 is 5.11 Å². The second-order valence-corrected chi connectivity index (χ2v) is 1.63. The van der Waals surface area contributed by atoms with Gasteiger partial charge in [-0.05, 0) is 12.5 Å². The van der Waals surface area contributed by atoms with Gasteiger partial charge in [0.2, 0.25) is 0 Å². The Morgan fingerprint density at radius 1 is 2.00 bits per heavy atom. The van der Waals surface area contributed by atoms with Crippen LogP contribution in [0.5, 0.6) is 0 Å². The van der Waals surface area contributed by atoms with Gasteiger partial charge in [0.1, 0.15) is 5.60 Å². The van der Waals surface area contributed by atoms with Gasteiger partial charge in [-0.1, -0.05) is 19.4 Å². The molecule has 0 rings (SSSR count). The van der Waals surface area contributed by atoms with Crippen LogP contribution < -0.4 is 0 Å². The Hall–Kier alpha value is -0.740. The SMILES string of the molecule is C#C[C@](O)(C=C)CC. The topological polar surface area (TPSA) is 20.2 Å². The molecule has 0 amide bonds. The van der Waals surface area contributed by atoms with Crippen molar-refractivity contribution in [1.82, 2.24) is 0 Å². The average Bonchev–Trinajstić information content (AvgIpc) is 1.87. The molecule has 0 saturated heterocycles. The molecule has 0 aromatic rings. The predicted octanol–water partition coefficient (Wildman–Crippen LogP) is 0.947. The zero-order valence-corrected chi connectivity index (χ0v) is 5.02. The van der Waals surface area contributed by atoms with E-state index in [4.69, 9.17) is 11.5 Å². The highest BCUT2D eigenvalue weighted by atomic mass is 16.3. The summed E-state index contributed by atoms with van der Waals surface area (Å²) in [6.07, 6.45) is 6.85. The molecule has 1 nitrogen and oxygen atoms in total. The summed E-state index contributed by atoms with van der Waals surface area (Å²) in [6.45, 7) is 5.19. The van der Waals surface area contributed by atoms with E-state index in [0.29, 0.717) is 6.42 Å². The summed E-state index contributed by atoms with van der Waals surface area (Å²) in [4.78, 5) is 0. The highest BCUT2D eigenvalue weighted by Crippen LogP contribution is 2.07. The average molecular weight is 110 g/mol. The maximum absolute atomic E-state index is 9.08. The van der Waals surface area contributed by atoms with Crippen LogP contribution in [0.2, 0.25) is 0 Å². The van der Waals surface area contributed by atoms with Crippen molar-refractivity contribution in [2.75, 3.05) is 0 Å². The van der Waals surface area contributed by atoms with Gasteiger partial charge in [0.05, 0.1) is 0 Å². The first-order valence-electron chi connectivity index (χ1n) is 2.52. The van der Waals surface area contributed by atoms with Crippen molar-refractivity contribution in [3.63, 3.8) is 0 Å². The monoisotopic (exact) mass is 110 g/mol. The Bertz CT molecular complexity index is 121. The zero-order chi connectivity index (χ0) is 6.62. The van der Waals surface area contributed by atoms with Crippen LogP contribution in [0.4, 0.5) is 0 Å². The van der Waals surface area contributed by atoms with Gasteiger partial charge in [0, 0.05) is 0 Å². The van der Waals surface area contributed by atoms with Gasteiger partial charge in [-0.25, -0.2) is 0 Å². The van der Waals surface area contributed by atoms with E-state index in [1.54, 1.807) is 0 Å². The van der Waals surface area contributed by atoms with Crippen molar-refractivity contribution in [2.24, 2.45) is 0 Å². The van der Waals surface area contributed by atoms with Gasteiger partial charge in [0.25, 0.3) is 0 Å². The lowest BCUT2D eigenvalue weighted by molar-refractivity contribution is 0.149. The highest BCUT2D eigenvalue weighted by Gasteiger charge is 2.14. The molecule has 0 aliphatic carbocycles. The molecule has 0 bridgehead atoms. The molecule has 0 aromatic heterocycles. The molecular formula is C7H10O. The maximum atomic E-state index is 9.08. The minimum Gasteiger partial charge on any atom is -0.374 e. The largest absolute Gasteiger partial charge is 0.374 e. The van der Waals surface area contributed by atoms with E-state index in [2.05, 4.69) is 12.5 Å². The van der Waals surface area contributed by atoms with Crippen LogP contribution in [-0.4, -0.2) is 10.7 Å². The highest BCUT2D eigenvalue weighted by molar-refractivity contribution is 5.15. The smallest absolute Gasteiger partial charge is 0.143 e. The standard InChI is InChI=1S/C7H10O/c1-4-7(8,5-2)6-3/h1,5,8H,2,6H2,3H3/t7-/m0/s1. The van der Waals surface area contributed by atoms with Crippen LogP contribution in [-0.2, 0) is 0 Å². The summed E-state index contributed by atoms with van der Waals surface area (Å²) in [6, 6.07) is 0. The van der Waals surface area contributed by atoms with Crippen molar-refractivity contribution in [3.05, 3.63) is 12.7 Å². The Balaban J connectivity index is 4.03. The minimum absolute atomic E-state index is 0.521. The van der Waals surface area contributed by atoms with Crippen molar-refractivity contribution in [1.29, 1.82) is 0 Å². The van der Waals surface area contributed by atoms with Crippen molar-refractivity contribution < 1.29 is 5.11 Å². The van der Waals surface area contributed by atoms with E-state index in [0.717, 1.165) is 0 Å². The first-order chi connectivity index (χ1) is 3.68. The van der Waals surface area contributed by atoms with Crippen LogP contribution in [0.1, 0.15) is 13.3 Å². The van der Waals surface area contributed by atoms with Crippen molar-refractivity contribution in [2.45, 2.75) is 18.9 Å². The maximum Gasteiger partial charge on any atom is 0.143 e. The normalized spacial score (nSPS) is 16.1. The van der Waals surface area contributed by atoms with Gasteiger partial charge >= 0.3 is 0 Å².